The third-order valence-corrected chi connectivity index (χ3v) is 9.11. The first-order valence-electron chi connectivity index (χ1n) is 13.1. The molecule has 7 nitrogen and oxygen atoms in total. The zero-order chi connectivity index (χ0) is 28.0. The van der Waals surface area contributed by atoms with Gasteiger partial charge in [-0.1, -0.05) is 73.0 Å². The van der Waals surface area contributed by atoms with Gasteiger partial charge < -0.3 is 10.2 Å². The van der Waals surface area contributed by atoms with Crippen LogP contribution in [0.3, 0.4) is 0 Å². The van der Waals surface area contributed by atoms with Gasteiger partial charge in [0.15, 0.2) is 0 Å². The van der Waals surface area contributed by atoms with Crippen molar-refractivity contribution in [3.05, 3.63) is 95.0 Å². The van der Waals surface area contributed by atoms with Crippen molar-refractivity contribution in [2.75, 3.05) is 10.8 Å². The number of hydrogen-bond acceptors (Lipinski definition) is 4. The van der Waals surface area contributed by atoms with E-state index < -0.39 is 28.5 Å². The zero-order valence-corrected chi connectivity index (χ0v) is 23.8. The van der Waals surface area contributed by atoms with E-state index in [2.05, 4.69) is 5.32 Å². The predicted octanol–water partition coefficient (Wildman–Crippen LogP) is 5.32. The van der Waals surface area contributed by atoms with E-state index in [4.69, 9.17) is 11.6 Å². The Morgan fingerprint density at radius 1 is 0.974 bits per heavy atom. The van der Waals surface area contributed by atoms with Crippen molar-refractivity contribution in [1.29, 1.82) is 0 Å². The first-order chi connectivity index (χ1) is 18.7. The summed E-state index contributed by atoms with van der Waals surface area (Å²) in [5.74, 6) is -0.752. The number of sulfonamides is 1. The molecule has 3 aromatic carbocycles. The minimum Gasteiger partial charge on any atom is -0.352 e. The molecule has 206 valence electrons. The summed E-state index contributed by atoms with van der Waals surface area (Å²) >= 11 is 6.20. The molecule has 9 heteroatoms. The molecule has 0 radical (unpaired) electrons. The Morgan fingerprint density at radius 3 is 2.31 bits per heavy atom. The van der Waals surface area contributed by atoms with Gasteiger partial charge in [0.25, 0.3) is 10.0 Å². The van der Waals surface area contributed by atoms with Gasteiger partial charge in [0.05, 0.1) is 10.6 Å². The second-order valence-corrected chi connectivity index (χ2v) is 12.2. The molecule has 4 rings (SSSR count). The summed E-state index contributed by atoms with van der Waals surface area (Å²) in [4.78, 5) is 28.8. The minimum atomic E-state index is -4.09. The molecular weight excluding hydrogens is 534 g/mol. The quantitative estimate of drug-likeness (QED) is 0.359. The molecule has 1 atom stereocenters. The van der Waals surface area contributed by atoms with Crippen LogP contribution in [0, 0.1) is 6.92 Å². The number of nitrogens with zero attached hydrogens (tertiary/aromatic N) is 2. The van der Waals surface area contributed by atoms with Gasteiger partial charge in [0.1, 0.15) is 12.6 Å². The molecule has 0 bridgehead atoms. The van der Waals surface area contributed by atoms with Crippen LogP contribution >= 0.6 is 11.6 Å². The largest absolute Gasteiger partial charge is 0.352 e. The maximum Gasteiger partial charge on any atom is 0.264 e. The second kappa shape index (κ2) is 12.7. The molecule has 1 aliphatic rings. The van der Waals surface area contributed by atoms with E-state index in [1.165, 1.54) is 17.0 Å². The lowest BCUT2D eigenvalue weighted by atomic mass is 10.1. The smallest absolute Gasteiger partial charge is 0.264 e. The van der Waals surface area contributed by atoms with Crippen molar-refractivity contribution in [2.45, 2.75) is 63.1 Å². The number of anilines is 1. The lowest BCUT2D eigenvalue weighted by molar-refractivity contribution is -0.139. The SMILES string of the molecule is Cc1ccccc1N(CC(=O)N(Cc1cccc(Cl)c1)[C@@H](C)C(=O)NC1CCCC1)S(=O)(=O)c1ccccc1. The number of nitrogens with one attached hydrogen (secondary N) is 1. The predicted molar refractivity (Wildman–Crippen MR) is 154 cm³/mol. The molecule has 0 unspecified atom stereocenters. The molecule has 0 heterocycles. The number of benzene rings is 3. The number of rotatable bonds is 10. The number of aryl methyl sites for hydroxylation is 1. The van der Waals surface area contributed by atoms with Crippen molar-refractivity contribution < 1.29 is 18.0 Å². The molecule has 1 fully saturated rings. The molecule has 1 aliphatic carbocycles. The number of hydrogen-bond donors (Lipinski definition) is 1. The van der Waals surface area contributed by atoms with Crippen molar-refractivity contribution in [3.8, 4) is 0 Å². The Hall–Kier alpha value is -3.36. The second-order valence-electron chi connectivity index (χ2n) is 9.93. The number of amides is 2. The van der Waals surface area contributed by atoms with Crippen LogP contribution < -0.4 is 9.62 Å². The third-order valence-electron chi connectivity index (χ3n) is 7.11. The minimum absolute atomic E-state index is 0.0782. The van der Waals surface area contributed by atoms with Gasteiger partial charge in [-0.3, -0.25) is 13.9 Å². The molecule has 3 aromatic rings. The molecule has 0 aliphatic heterocycles. The molecule has 39 heavy (non-hydrogen) atoms. The Balaban J connectivity index is 1.69. The number of carbonyl (C=O) groups excluding carboxylic acids is 2. The third kappa shape index (κ3) is 6.99. The highest BCUT2D eigenvalue weighted by atomic mass is 35.5. The lowest BCUT2D eigenvalue weighted by Crippen LogP contribution is -2.52. The average Bonchev–Trinajstić information content (AvgIpc) is 3.44. The molecule has 0 saturated heterocycles. The molecule has 1 N–H and O–H groups in total. The van der Waals surface area contributed by atoms with Crippen LogP contribution in [-0.2, 0) is 26.2 Å². The maximum absolute atomic E-state index is 14.0. The summed E-state index contributed by atoms with van der Waals surface area (Å²) in [5, 5.41) is 3.58. The number of para-hydroxylation sites is 1. The van der Waals surface area contributed by atoms with Gasteiger partial charge >= 0.3 is 0 Å². The topological polar surface area (TPSA) is 86.8 Å². The van der Waals surface area contributed by atoms with Crippen molar-refractivity contribution >= 4 is 39.1 Å². The van der Waals surface area contributed by atoms with E-state index in [0.29, 0.717) is 16.3 Å². The van der Waals surface area contributed by atoms with Crippen LogP contribution in [0.25, 0.3) is 0 Å². The highest BCUT2D eigenvalue weighted by Gasteiger charge is 2.33. The van der Waals surface area contributed by atoms with Crippen LogP contribution in [0.4, 0.5) is 5.69 Å². The number of halogens is 1. The first kappa shape index (κ1) is 28.6. The van der Waals surface area contributed by atoms with E-state index >= 15 is 0 Å². The van der Waals surface area contributed by atoms with E-state index in [0.717, 1.165) is 35.6 Å². The van der Waals surface area contributed by atoms with Crippen molar-refractivity contribution in [3.63, 3.8) is 0 Å². The molecule has 2 amide bonds. The molecule has 0 aromatic heterocycles. The lowest BCUT2D eigenvalue weighted by Gasteiger charge is -2.33. The van der Waals surface area contributed by atoms with Crippen LogP contribution in [0.2, 0.25) is 5.02 Å². The van der Waals surface area contributed by atoms with Crippen LogP contribution in [0.15, 0.2) is 83.8 Å². The van der Waals surface area contributed by atoms with E-state index in [1.54, 1.807) is 68.4 Å². The van der Waals surface area contributed by atoms with Crippen LogP contribution in [0.1, 0.15) is 43.7 Å². The van der Waals surface area contributed by atoms with Crippen molar-refractivity contribution in [2.24, 2.45) is 0 Å². The summed E-state index contributed by atoms with van der Waals surface area (Å²) in [6, 6.07) is 21.4. The van der Waals surface area contributed by atoms with Gasteiger partial charge in [-0.15, -0.1) is 0 Å². The standard InChI is InChI=1S/C30H34ClN3O4S/c1-22-11-6-9-18-28(22)34(39(37,38)27-16-4-3-5-17-27)21-29(35)33(20-24-12-10-13-25(31)19-24)23(2)30(36)32-26-14-7-8-15-26/h3-6,9-13,16-19,23,26H,7-8,14-15,20-21H2,1-2H3,(H,32,36)/t23-/m0/s1. The summed E-state index contributed by atoms with van der Waals surface area (Å²) in [6.45, 7) is 3.11. The fraction of sp³-hybridized carbons (Fsp3) is 0.333. The Labute approximate surface area is 235 Å². The van der Waals surface area contributed by atoms with Gasteiger partial charge in [0.2, 0.25) is 11.8 Å². The fourth-order valence-corrected chi connectivity index (χ4v) is 6.60. The van der Waals surface area contributed by atoms with Gasteiger partial charge in [-0.2, -0.15) is 0 Å². The van der Waals surface area contributed by atoms with E-state index in [9.17, 15) is 18.0 Å². The van der Waals surface area contributed by atoms with Gasteiger partial charge in [-0.05, 0) is 68.1 Å². The molecule has 1 saturated carbocycles. The summed E-state index contributed by atoms with van der Waals surface area (Å²) < 4.78 is 28.8. The van der Waals surface area contributed by atoms with Crippen LogP contribution in [-0.4, -0.2) is 43.8 Å². The average molecular weight is 568 g/mol. The summed E-state index contributed by atoms with van der Waals surface area (Å²) in [5.41, 5.74) is 1.85. The Morgan fingerprint density at radius 2 is 1.64 bits per heavy atom. The van der Waals surface area contributed by atoms with Crippen LogP contribution in [0.5, 0.6) is 0 Å². The Bertz CT molecular complexity index is 1410. The zero-order valence-electron chi connectivity index (χ0n) is 22.2. The number of carbonyl (C=O) groups is 2. The van der Waals surface area contributed by atoms with E-state index in [-0.39, 0.29) is 23.4 Å². The molecule has 0 spiro atoms. The summed E-state index contributed by atoms with van der Waals surface area (Å²) in [6.07, 6.45) is 3.95. The maximum atomic E-state index is 14.0. The van der Waals surface area contributed by atoms with Gasteiger partial charge in [-0.25, -0.2) is 8.42 Å². The first-order valence-corrected chi connectivity index (χ1v) is 15.0. The normalized spacial score (nSPS) is 14.5. The fourth-order valence-electron chi connectivity index (χ4n) is 4.88. The molecular formula is C30H34ClN3O4S. The highest BCUT2D eigenvalue weighted by molar-refractivity contribution is 7.92. The summed E-state index contributed by atoms with van der Waals surface area (Å²) in [7, 11) is -4.09. The van der Waals surface area contributed by atoms with Gasteiger partial charge in [0, 0.05) is 17.6 Å². The van der Waals surface area contributed by atoms with E-state index in [1.807, 2.05) is 12.1 Å². The monoisotopic (exact) mass is 567 g/mol. The van der Waals surface area contributed by atoms with Crippen molar-refractivity contribution in [1.82, 2.24) is 10.2 Å². The Kier molecular flexibility index (Phi) is 9.30. The highest BCUT2D eigenvalue weighted by Crippen LogP contribution is 2.27.